The third kappa shape index (κ3) is 1.02. The first-order valence-corrected chi connectivity index (χ1v) is 5.49. The largest absolute Gasteiger partial charge is 0.458 e. The standard InChI is InChI=1S/C9H9NO3.C2H6/c10-3-9-2-4-1-5(9)7(6(4)11)13-8(9)12;1-2/h4-7,11H,1-2H2;1-2H3. The molecule has 4 nitrogen and oxygen atoms in total. The van der Waals surface area contributed by atoms with Crippen molar-refractivity contribution in [1.82, 2.24) is 0 Å². The molecule has 0 amide bonds. The fraction of sp³-hybridized carbons (Fsp3) is 0.818. The van der Waals surface area contributed by atoms with Crippen LogP contribution in [0.1, 0.15) is 26.7 Å². The van der Waals surface area contributed by atoms with E-state index >= 15 is 0 Å². The van der Waals surface area contributed by atoms with Crippen molar-refractivity contribution in [1.29, 1.82) is 5.26 Å². The molecular formula is C11H15NO3. The number of ether oxygens (including phenoxy) is 1. The Morgan fingerprint density at radius 2 is 2.27 bits per heavy atom. The van der Waals surface area contributed by atoms with Crippen molar-refractivity contribution in [2.75, 3.05) is 0 Å². The van der Waals surface area contributed by atoms with Gasteiger partial charge >= 0.3 is 5.97 Å². The SMILES string of the molecule is CC.N#CC12CC3CC1C(OC2=O)C3O. The Labute approximate surface area is 88.8 Å². The van der Waals surface area contributed by atoms with Crippen LogP contribution in [0.4, 0.5) is 0 Å². The zero-order valence-electron chi connectivity index (χ0n) is 8.93. The second kappa shape index (κ2) is 3.21. The number of aliphatic hydroxyl groups excluding tert-OH is 1. The van der Waals surface area contributed by atoms with Crippen molar-refractivity contribution in [2.24, 2.45) is 17.3 Å². The van der Waals surface area contributed by atoms with Gasteiger partial charge in [0.2, 0.25) is 0 Å². The summed E-state index contributed by atoms with van der Waals surface area (Å²) < 4.78 is 5.03. The van der Waals surface area contributed by atoms with Crippen LogP contribution in [0.2, 0.25) is 0 Å². The third-order valence-corrected chi connectivity index (χ3v) is 3.80. The molecule has 0 aromatic rings. The molecule has 0 aromatic heterocycles. The van der Waals surface area contributed by atoms with E-state index in [1.807, 2.05) is 13.8 Å². The van der Waals surface area contributed by atoms with Crippen molar-refractivity contribution in [3.05, 3.63) is 0 Å². The minimum Gasteiger partial charge on any atom is -0.458 e. The summed E-state index contributed by atoms with van der Waals surface area (Å²) in [6, 6.07) is 2.08. The highest BCUT2D eigenvalue weighted by Gasteiger charge is 2.70. The quantitative estimate of drug-likeness (QED) is 0.600. The molecule has 3 rings (SSSR count). The zero-order valence-corrected chi connectivity index (χ0v) is 8.93. The van der Waals surface area contributed by atoms with Gasteiger partial charge in [-0.3, -0.25) is 4.79 Å². The summed E-state index contributed by atoms with van der Waals surface area (Å²) in [5, 5.41) is 18.6. The predicted octanol–water partition coefficient (Wildman–Crippen LogP) is 0.849. The van der Waals surface area contributed by atoms with E-state index < -0.39 is 23.6 Å². The monoisotopic (exact) mass is 209 g/mol. The van der Waals surface area contributed by atoms with Crippen LogP contribution in [0.25, 0.3) is 0 Å². The molecule has 3 aliphatic rings. The third-order valence-electron chi connectivity index (χ3n) is 3.80. The van der Waals surface area contributed by atoms with E-state index in [0.717, 1.165) is 6.42 Å². The first kappa shape index (κ1) is 10.4. The van der Waals surface area contributed by atoms with Gasteiger partial charge in [-0.2, -0.15) is 5.26 Å². The molecule has 1 saturated heterocycles. The number of carbonyl (C=O) groups excluding carboxylic acids is 1. The second-order valence-electron chi connectivity index (χ2n) is 4.25. The molecule has 5 atom stereocenters. The molecule has 4 heteroatoms. The fourth-order valence-corrected chi connectivity index (χ4v) is 3.15. The predicted molar refractivity (Wildman–Crippen MR) is 51.5 cm³/mol. The smallest absolute Gasteiger partial charge is 0.327 e. The van der Waals surface area contributed by atoms with Crippen molar-refractivity contribution in [2.45, 2.75) is 38.9 Å². The van der Waals surface area contributed by atoms with Crippen molar-refractivity contribution >= 4 is 5.97 Å². The summed E-state index contributed by atoms with van der Waals surface area (Å²) >= 11 is 0. The molecule has 2 saturated carbocycles. The average molecular weight is 209 g/mol. The number of carbonyl (C=O) groups is 1. The Morgan fingerprint density at radius 3 is 2.80 bits per heavy atom. The van der Waals surface area contributed by atoms with E-state index in [9.17, 15) is 9.90 Å². The lowest BCUT2D eigenvalue weighted by Crippen LogP contribution is -2.36. The molecule has 2 aliphatic carbocycles. The minimum absolute atomic E-state index is 0.0509. The first-order chi connectivity index (χ1) is 7.19. The van der Waals surface area contributed by atoms with Gasteiger partial charge < -0.3 is 9.84 Å². The molecule has 0 radical (unpaired) electrons. The normalized spacial score (nSPS) is 49.3. The van der Waals surface area contributed by atoms with Gasteiger partial charge in [0.15, 0.2) is 5.41 Å². The molecule has 82 valence electrons. The van der Waals surface area contributed by atoms with Crippen molar-refractivity contribution < 1.29 is 14.6 Å². The van der Waals surface area contributed by atoms with Gasteiger partial charge in [0.25, 0.3) is 0 Å². The topological polar surface area (TPSA) is 70.3 Å². The van der Waals surface area contributed by atoms with Crippen LogP contribution in [0.15, 0.2) is 0 Å². The Balaban J connectivity index is 0.000000404. The van der Waals surface area contributed by atoms with Crippen LogP contribution in [0.3, 0.4) is 0 Å². The van der Waals surface area contributed by atoms with Gasteiger partial charge in [-0.15, -0.1) is 0 Å². The van der Waals surface area contributed by atoms with Gasteiger partial charge in [0.1, 0.15) is 6.10 Å². The molecular weight excluding hydrogens is 194 g/mol. The number of nitrogens with zero attached hydrogens (tertiary/aromatic N) is 1. The van der Waals surface area contributed by atoms with E-state index in [-0.39, 0.29) is 11.8 Å². The summed E-state index contributed by atoms with van der Waals surface area (Å²) in [6.45, 7) is 4.00. The minimum atomic E-state index is -0.908. The molecule has 0 aromatic carbocycles. The highest BCUT2D eigenvalue weighted by molar-refractivity contribution is 5.84. The van der Waals surface area contributed by atoms with E-state index in [1.54, 1.807) is 0 Å². The van der Waals surface area contributed by atoms with Crippen LogP contribution >= 0.6 is 0 Å². The first-order valence-electron chi connectivity index (χ1n) is 5.49. The Hall–Kier alpha value is -1.08. The second-order valence-corrected chi connectivity index (χ2v) is 4.25. The lowest BCUT2D eigenvalue weighted by molar-refractivity contribution is -0.147. The van der Waals surface area contributed by atoms with Gasteiger partial charge in [-0.1, -0.05) is 13.8 Å². The molecule has 1 heterocycles. The van der Waals surface area contributed by atoms with E-state index in [0.29, 0.717) is 6.42 Å². The molecule has 3 fully saturated rings. The number of aliphatic hydroxyl groups is 1. The van der Waals surface area contributed by atoms with E-state index in [1.165, 1.54) is 0 Å². The van der Waals surface area contributed by atoms with E-state index in [2.05, 4.69) is 6.07 Å². The van der Waals surface area contributed by atoms with Gasteiger partial charge in [0.05, 0.1) is 12.2 Å². The van der Waals surface area contributed by atoms with Crippen LogP contribution in [-0.2, 0) is 9.53 Å². The van der Waals surface area contributed by atoms with E-state index in [4.69, 9.17) is 10.00 Å². The molecule has 15 heavy (non-hydrogen) atoms. The molecule has 0 spiro atoms. The lowest BCUT2D eigenvalue weighted by Gasteiger charge is -2.23. The number of rotatable bonds is 0. The van der Waals surface area contributed by atoms with Gasteiger partial charge in [-0.25, -0.2) is 0 Å². The highest BCUT2D eigenvalue weighted by Crippen LogP contribution is 2.61. The summed E-state index contributed by atoms with van der Waals surface area (Å²) in [4.78, 5) is 11.4. The number of hydrogen-bond donors (Lipinski definition) is 1. The summed E-state index contributed by atoms with van der Waals surface area (Å²) in [5.41, 5.74) is -0.908. The number of hydrogen-bond acceptors (Lipinski definition) is 4. The summed E-state index contributed by atoms with van der Waals surface area (Å²) in [7, 11) is 0. The average Bonchev–Trinajstić information content (AvgIpc) is 2.84. The van der Waals surface area contributed by atoms with Crippen molar-refractivity contribution in [3.63, 3.8) is 0 Å². The van der Waals surface area contributed by atoms with Gasteiger partial charge in [0, 0.05) is 5.92 Å². The number of nitriles is 1. The maximum Gasteiger partial charge on any atom is 0.327 e. The Bertz CT molecular complexity index is 335. The highest BCUT2D eigenvalue weighted by atomic mass is 16.6. The Kier molecular flexibility index (Phi) is 2.23. The summed E-state index contributed by atoms with van der Waals surface area (Å²) in [5.74, 6) is -0.366. The van der Waals surface area contributed by atoms with Crippen LogP contribution in [-0.4, -0.2) is 23.3 Å². The van der Waals surface area contributed by atoms with Crippen LogP contribution < -0.4 is 0 Å². The molecule has 1 aliphatic heterocycles. The summed E-state index contributed by atoms with van der Waals surface area (Å²) in [6.07, 6.45) is 0.333. The number of esters is 1. The van der Waals surface area contributed by atoms with Gasteiger partial charge in [-0.05, 0) is 18.8 Å². The van der Waals surface area contributed by atoms with Crippen LogP contribution in [0.5, 0.6) is 0 Å². The Morgan fingerprint density at radius 1 is 1.60 bits per heavy atom. The lowest BCUT2D eigenvalue weighted by atomic mass is 9.75. The molecule has 2 bridgehead atoms. The van der Waals surface area contributed by atoms with Crippen molar-refractivity contribution in [3.8, 4) is 6.07 Å². The number of fused-ring (bicyclic) bond motifs is 1. The fourth-order valence-electron chi connectivity index (χ4n) is 3.15. The molecule has 1 N–H and O–H groups in total. The maximum atomic E-state index is 11.4. The maximum absolute atomic E-state index is 11.4. The zero-order chi connectivity index (χ0) is 11.2. The molecule has 5 unspecified atom stereocenters. The van der Waals surface area contributed by atoms with Crippen LogP contribution in [0, 0.1) is 28.6 Å².